The predicted molar refractivity (Wildman–Crippen MR) is 107 cm³/mol. The lowest BCUT2D eigenvalue weighted by Gasteiger charge is -2.16. The molecular weight excluding hydrogens is 358 g/mol. The van der Waals surface area contributed by atoms with Gasteiger partial charge in [0.2, 0.25) is 0 Å². The molecule has 0 N–H and O–H groups in total. The van der Waals surface area contributed by atoms with Crippen molar-refractivity contribution in [1.29, 1.82) is 0 Å². The molecule has 0 aliphatic heterocycles. The van der Waals surface area contributed by atoms with Gasteiger partial charge >= 0.3 is 0 Å². The fourth-order valence-electron chi connectivity index (χ4n) is 2.67. The van der Waals surface area contributed by atoms with Gasteiger partial charge in [-0.25, -0.2) is 0 Å². The van der Waals surface area contributed by atoms with Crippen molar-refractivity contribution < 1.29 is 9.53 Å². The van der Waals surface area contributed by atoms with Crippen LogP contribution in [0.15, 0.2) is 60.0 Å². The van der Waals surface area contributed by atoms with Gasteiger partial charge in [0.1, 0.15) is 11.6 Å². The number of carbonyl (C=O) groups is 1. The van der Waals surface area contributed by atoms with E-state index in [0.717, 1.165) is 16.7 Å². The lowest BCUT2D eigenvalue weighted by molar-refractivity contribution is 0.0989. The molecule has 140 valence electrons. The maximum absolute atomic E-state index is 13.3. The molecule has 1 atom stereocenters. The van der Waals surface area contributed by atoms with Crippen LogP contribution in [0.5, 0.6) is 0 Å². The minimum absolute atomic E-state index is 0.0603. The Bertz CT molecular complexity index is 889. The van der Waals surface area contributed by atoms with Crippen molar-refractivity contribution in [3.8, 4) is 0 Å². The molecule has 3 aromatic rings. The lowest BCUT2D eigenvalue weighted by atomic mass is 10.0. The highest BCUT2D eigenvalue weighted by atomic mass is 32.2. The van der Waals surface area contributed by atoms with Crippen LogP contribution in [0, 0.1) is 13.8 Å². The molecule has 0 aliphatic rings. The van der Waals surface area contributed by atoms with E-state index < -0.39 is 0 Å². The van der Waals surface area contributed by atoms with Crippen molar-refractivity contribution in [2.45, 2.75) is 30.8 Å². The molecular formula is C21H23N3O2S. The van der Waals surface area contributed by atoms with E-state index >= 15 is 0 Å². The summed E-state index contributed by atoms with van der Waals surface area (Å²) >= 11 is 1.42. The second-order valence-corrected chi connectivity index (χ2v) is 7.51. The number of thioether (sulfide) groups is 1. The fourth-order valence-corrected chi connectivity index (χ4v) is 3.78. The Hall–Kier alpha value is -2.44. The summed E-state index contributed by atoms with van der Waals surface area (Å²) in [6.07, 6.45) is 1.67. The van der Waals surface area contributed by atoms with Crippen LogP contribution in [-0.4, -0.2) is 34.3 Å². The first-order chi connectivity index (χ1) is 13.1. The van der Waals surface area contributed by atoms with E-state index in [1.807, 2.05) is 66.9 Å². The summed E-state index contributed by atoms with van der Waals surface area (Å²) in [6, 6.07) is 15.8. The van der Waals surface area contributed by atoms with Crippen molar-refractivity contribution in [1.82, 2.24) is 14.8 Å². The smallest absolute Gasteiger partial charge is 0.192 e. The molecule has 3 rings (SSSR count). The van der Waals surface area contributed by atoms with E-state index in [9.17, 15) is 4.79 Å². The number of Topliss-reactive ketones (excluding diaryl/α,β-unsaturated/α-hetero) is 1. The Morgan fingerprint density at radius 1 is 1.07 bits per heavy atom. The number of carbonyl (C=O) groups excluding carboxylic acids is 1. The summed E-state index contributed by atoms with van der Waals surface area (Å²) in [4.78, 5) is 13.3. The number of aryl methyl sites for hydroxylation is 2. The number of hydrogen-bond acceptors (Lipinski definition) is 5. The number of benzene rings is 2. The topological polar surface area (TPSA) is 57.0 Å². The lowest BCUT2D eigenvalue weighted by Crippen LogP contribution is -2.12. The zero-order chi connectivity index (χ0) is 19.2. The molecule has 0 spiro atoms. The van der Waals surface area contributed by atoms with E-state index in [-0.39, 0.29) is 11.0 Å². The Morgan fingerprint density at radius 2 is 1.70 bits per heavy atom. The summed E-state index contributed by atoms with van der Waals surface area (Å²) in [5.74, 6) is 0.0603. The largest absolute Gasteiger partial charge is 0.383 e. The van der Waals surface area contributed by atoms with Gasteiger partial charge in [0, 0.05) is 19.2 Å². The Balaban J connectivity index is 1.93. The van der Waals surface area contributed by atoms with Gasteiger partial charge in [-0.05, 0) is 19.4 Å². The highest BCUT2D eigenvalue weighted by Gasteiger charge is 2.25. The van der Waals surface area contributed by atoms with Crippen LogP contribution >= 0.6 is 11.8 Å². The van der Waals surface area contributed by atoms with Crippen LogP contribution in [0.1, 0.15) is 32.3 Å². The standard InChI is InChI=1S/C21H23N3O2S/c1-15-4-8-17(9-5-15)19(25)20(18-10-6-16(2)7-11-18)27-21-23-22-14-24(21)12-13-26-3/h4-11,14,20H,12-13H2,1-3H3. The SMILES string of the molecule is COCCn1cnnc1SC(C(=O)c1ccc(C)cc1)c1ccc(C)cc1. The third-order valence-electron chi connectivity index (χ3n) is 4.29. The molecule has 27 heavy (non-hydrogen) atoms. The molecule has 0 radical (unpaired) electrons. The molecule has 0 aliphatic carbocycles. The van der Waals surface area contributed by atoms with E-state index in [1.165, 1.54) is 11.8 Å². The van der Waals surface area contributed by atoms with E-state index in [0.29, 0.717) is 23.9 Å². The summed E-state index contributed by atoms with van der Waals surface area (Å²) in [6.45, 7) is 5.26. The number of rotatable bonds is 8. The predicted octanol–water partition coefficient (Wildman–Crippen LogP) is 4.26. The van der Waals surface area contributed by atoms with Crippen molar-refractivity contribution in [3.63, 3.8) is 0 Å². The molecule has 0 saturated heterocycles. The average molecular weight is 382 g/mol. The summed E-state index contributed by atoms with van der Waals surface area (Å²) in [5, 5.41) is 8.53. The third kappa shape index (κ3) is 4.84. The Morgan fingerprint density at radius 3 is 2.33 bits per heavy atom. The molecule has 6 heteroatoms. The number of ketones is 1. The number of ether oxygens (including phenoxy) is 1. The van der Waals surface area contributed by atoms with Crippen molar-refractivity contribution in [3.05, 3.63) is 77.1 Å². The highest BCUT2D eigenvalue weighted by Crippen LogP contribution is 2.37. The van der Waals surface area contributed by atoms with Crippen LogP contribution < -0.4 is 0 Å². The first kappa shape index (κ1) is 19.3. The van der Waals surface area contributed by atoms with Gasteiger partial charge in [-0.3, -0.25) is 4.79 Å². The van der Waals surface area contributed by atoms with E-state index in [2.05, 4.69) is 10.2 Å². The van der Waals surface area contributed by atoms with Crippen molar-refractivity contribution >= 4 is 17.5 Å². The first-order valence-corrected chi connectivity index (χ1v) is 9.67. The van der Waals surface area contributed by atoms with Gasteiger partial charge < -0.3 is 9.30 Å². The fraction of sp³-hybridized carbons (Fsp3) is 0.286. The molecule has 0 amide bonds. The van der Waals surface area contributed by atoms with E-state index in [4.69, 9.17) is 4.74 Å². The minimum atomic E-state index is -0.390. The van der Waals surface area contributed by atoms with Gasteiger partial charge in [0.15, 0.2) is 10.9 Å². The van der Waals surface area contributed by atoms with E-state index in [1.54, 1.807) is 13.4 Å². The molecule has 2 aromatic carbocycles. The number of aromatic nitrogens is 3. The second-order valence-electron chi connectivity index (χ2n) is 6.44. The number of hydrogen-bond donors (Lipinski definition) is 0. The quantitative estimate of drug-likeness (QED) is 0.431. The van der Waals surface area contributed by atoms with Crippen molar-refractivity contribution in [2.24, 2.45) is 0 Å². The first-order valence-electron chi connectivity index (χ1n) is 8.79. The van der Waals surface area contributed by atoms with Crippen LogP contribution in [0.2, 0.25) is 0 Å². The minimum Gasteiger partial charge on any atom is -0.383 e. The van der Waals surface area contributed by atoms with Crippen LogP contribution in [0.4, 0.5) is 0 Å². The van der Waals surface area contributed by atoms with Gasteiger partial charge in [0.25, 0.3) is 0 Å². The van der Waals surface area contributed by atoms with Crippen LogP contribution in [0.25, 0.3) is 0 Å². The number of nitrogens with zero attached hydrogens (tertiary/aromatic N) is 3. The molecule has 1 unspecified atom stereocenters. The zero-order valence-electron chi connectivity index (χ0n) is 15.8. The Labute approximate surface area is 163 Å². The van der Waals surface area contributed by atoms with Gasteiger partial charge in [-0.1, -0.05) is 71.4 Å². The summed E-state index contributed by atoms with van der Waals surface area (Å²) in [7, 11) is 1.66. The Kier molecular flexibility index (Phi) is 6.42. The maximum Gasteiger partial charge on any atom is 0.192 e. The van der Waals surface area contributed by atoms with Gasteiger partial charge in [-0.15, -0.1) is 10.2 Å². The average Bonchev–Trinajstić information content (AvgIpc) is 3.12. The van der Waals surface area contributed by atoms with Crippen LogP contribution in [-0.2, 0) is 11.3 Å². The molecule has 0 saturated carbocycles. The monoisotopic (exact) mass is 381 g/mol. The summed E-state index contributed by atoms with van der Waals surface area (Å²) < 4.78 is 7.06. The highest BCUT2D eigenvalue weighted by molar-refractivity contribution is 8.00. The van der Waals surface area contributed by atoms with Crippen LogP contribution in [0.3, 0.4) is 0 Å². The maximum atomic E-state index is 13.3. The summed E-state index contributed by atoms with van der Waals surface area (Å²) in [5.41, 5.74) is 3.94. The molecule has 5 nitrogen and oxygen atoms in total. The number of methoxy groups -OCH3 is 1. The molecule has 1 heterocycles. The second kappa shape index (κ2) is 8.97. The van der Waals surface area contributed by atoms with Gasteiger partial charge in [-0.2, -0.15) is 0 Å². The zero-order valence-corrected chi connectivity index (χ0v) is 16.6. The molecule has 0 fully saturated rings. The van der Waals surface area contributed by atoms with Crippen molar-refractivity contribution in [2.75, 3.05) is 13.7 Å². The molecule has 1 aromatic heterocycles. The normalized spacial score (nSPS) is 12.1. The molecule has 0 bridgehead atoms. The van der Waals surface area contributed by atoms with Gasteiger partial charge in [0.05, 0.1) is 6.61 Å². The third-order valence-corrected chi connectivity index (χ3v) is 5.54.